The Morgan fingerprint density at radius 1 is 1.13 bits per heavy atom. The van der Waals surface area contributed by atoms with E-state index in [1.165, 1.54) is 7.11 Å². The summed E-state index contributed by atoms with van der Waals surface area (Å²) in [6.45, 7) is 0. The molecule has 0 atom stereocenters. The minimum atomic E-state index is 0.242. The molecule has 0 aliphatic heterocycles. The Morgan fingerprint density at radius 3 is 2.67 bits per heavy atom. The highest BCUT2D eigenvalue weighted by Gasteiger charge is 2.13. The smallest absolute Gasteiger partial charge is 0.185 e. The Balaban J connectivity index is 1.79. The number of methoxy groups -OCH3 is 1. The third-order valence-corrected chi connectivity index (χ3v) is 5.07. The van der Waals surface area contributed by atoms with Gasteiger partial charge in [-0.05, 0) is 30.3 Å². The van der Waals surface area contributed by atoms with Crippen molar-refractivity contribution in [2.24, 2.45) is 0 Å². The van der Waals surface area contributed by atoms with Crippen LogP contribution in [0.25, 0.3) is 22.2 Å². The van der Waals surface area contributed by atoms with Gasteiger partial charge in [0.05, 0.1) is 33.9 Å². The van der Waals surface area contributed by atoms with E-state index >= 15 is 0 Å². The highest BCUT2D eigenvalue weighted by molar-refractivity contribution is 6.37. The van der Waals surface area contributed by atoms with Crippen molar-refractivity contribution in [1.82, 2.24) is 4.98 Å². The molecule has 0 saturated heterocycles. The van der Waals surface area contributed by atoms with Gasteiger partial charge >= 0.3 is 0 Å². The van der Waals surface area contributed by atoms with Crippen molar-refractivity contribution in [1.29, 1.82) is 5.26 Å². The van der Waals surface area contributed by atoms with Crippen LogP contribution in [-0.2, 0) is 0 Å². The SMILES string of the molecule is COc1cc(Nc2nc3cc(-c4ccc(C=O)o4)ccc3cc2C#N)c(Cl)cc1Cl. The molecule has 0 unspecified atom stereocenters. The van der Waals surface area contributed by atoms with Crippen molar-refractivity contribution >= 4 is 51.9 Å². The number of nitrogens with one attached hydrogen (secondary N) is 1. The number of benzene rings is 2. The van der Waals surface area contributed by atoms with Crippen LogP contribution in [0.15, 0.2) is 52.9 Å². The van der Waals surface area contributed by atoms with Crippen LogP contribution in [0.5, 0.6) is 5.75 Å². The first-order valence-electron chi connectivity index (χ1n) is 8.72. The van der Waals surface area contributed by atoms with Gasteiger partial charge in [-0.2, -0.15) is 5.26 Å². The molecule has 1 N–H and O–H groups in total. The lowest BCUT2D eigenvalue weighted by atomic mass is 10.1. The van der Waals surface area contributed by atoms with Gasteiger partial charge in [0.25, 0.3) is 0 Å². The number of fused-ring (bicyclic) bond motifs is 1. The van der Waals surface area contributed by atoms with Crippen LogP contribution in [-0.4, -0.2) is 18.4 Å². The molecule has 0 bridgehead atoms. The summed E-state index contributed by atoms with van der Waals surface area (Å²) >= 11 is 12.4. The molecule has 148 valence electrons. The predicted molar refractivity (Wildman–Crippen MR) is 116 cm³/mol. The zero-order valence-corrected chi connectivity index (χ0v) is 17.1. The maximum atomic E-state index is 10.9. The van der Waals surface area contributed by atoms with E-state index in [0.29, 0.717) is 50.4 Å². The second kappa shape index (κ2) is 8.07. The van der Waals surface area contributed by atoms with E-state index in [9.17, 15) is 10.1 Å². The van der Waals surface area contributed by atoms with Crippen molar-refractivity contribution in [3.63, 3.8) is 0 Å². The Labute approximate surface area is 181 Å². The summed E-state index contributed by atoms with van der Waals surface area (Å²) in [6, 6.07) is 15.9. The number of nitriles is 1. The summed E-state index contributed by atoms with van der Waals surface area (Å²) in [5.74, 6) is 1.56. The van der Waals surface area contributed by atoms with Crippen molar-refractivity contribution < 1.29 is 13.9 Å². The minimum absolute atomic E-state index is 0.242. The Bertz CT molecular complexity index is 1330. The number of hydrogen-bond acceptors (Lipinski definition) is 6. The molecule has 2 aromatic carbocycles. The Kier molecular flexibility index (Phi) is 5.32. The van der Waals surface area contributed by atoms with E-state index in [1.807, 2.05) is 18.2 Å². The Morgan fingerprint density at radius 2 is 1.97 bits per heavy atom. The first-order chi connectivity index (χ1) is 14.5. The highest BCUT2D eigenvalue weighted by Crippen LogP contribution is 2.36. The van der Waals surface area contributed by atoms with Gasteiger partial charge in [0, 0.05) is 17.0 Å². The van der Waals surface area contributed by atoms with Gasteiger partial charge in [-0.1, -0.05) is 35.3 Å². The van der Waals surface area contributed by atoms with Crippen LogP contribution < -0.4 is 10.1 Å². The number of pyridine rings is 1. The van der Waals surface area contributed by atoms with Crippen molar-refractivity contribution in [2.45, 2.75) is 0 Å². The normalized spacial score (nSPS) is 10.6. The lowest BCUT2D eigenvalue weighted by Crippen LogP contribution is -1.99. The van der Waals surface area contributed by atoms with Gasteiger partial charge in [-0.25, -0.2) is 4.98 Å². The number of anilines is 2. The first kappa shape index (κ1) is 19.8. The molecule has 30 heavy (non-hydrogen) atoms. The molecule has 0 aliphatic carbocycles. The quantitative estimate of drug-likeness (QED) is 0.371. The summed E-state index contributed by atoms with van der Waals surface area (Å²) in [7, 11) is 1.50. The minimum Gasteiger partial charge on any atom is -0.495 e. The average Bonchev–Trinajstić information content (AvgIpc) is 3.24. The molecule has 2 aromatic heterocycles. The van der Waals surface area contributed by atoms with Crippen LogP contribution in [0, 0.1) is 11.3 Å². The Hall–Kier alpha value is -3.53. The number of carbonyl (C=O) groups excluding carboxylic acids is 1. The van der Waals surface area contributed by atoms with Gasteiger partial charge in [-0.3, -0.25) is 4.79 Å². The summed E-state index contributed by atoms with van der Waals surface area (Å²) in [5.41, 5.74) is 2.24. The number of rotatable bonds is 5. The van der Waals surface area contributed by atoms with Gasteiger partial charge in [0.15, 0.2) is 12.0 Å². The maximum Gasteiger partial charge on any atom is 0.185 e. The monoisotopic (exact) mass is 437 g/mol. The molecule has 0 radical (unpaired) electrons. The fraction of sp³-hybridized carbons (Fsp3) is 0.0455. The molecule has 0 amide bonds. The molecule has 0 spiro atoms. The number of nitrogens with zero attached hydrogens (tertiary/aromatic N) is 2. The summed E-state index contributed by atoms with van der Waals surface area (Å²) in [4.78, 5) is 15.5. The summed E-state index contributed by atoms with van der Waals surface area (Å²) in [6.07, 6.45) is 0.647. The van der Waals surface area contributed by atoms with E-state index in [2.05, 4.69) is 16.4 Å². The molecule has 8 heteroatoms. The second-order valence-corrected chi connectivity index (χ2v) is 7.13. The molecular formula is C22H13Cl2N3O3. The fourth-order valence-corrected chi connectivity index (χ4v) is 3.49. The molecule has 4 rings (SSSR count). The average molecular weight is 438 g/mol. The second-order valence-electron chi connectivity index (χ2n) is 6.32. The zero-order chi connectivity index (χ0) is 21.3. The number of carbonyl (C=O) groups is 1. The van der Waals surface area contributed by atoms with E-state index in [-0.39, 0.29) is 5.76 Å². The van der Waals surface area contributed by atoms with E-state index in [0.717, 1.165) is 10.9 Å². The topological polar surface area (TPSA) is 88.2 Å². The number of aromatic nitrogens is 1. The zero-order valence-electron chi connectivity index (χ0n) is 15.6. The van der Waals surface area contributed by atoms with Crippen LogP contribution in [0.4, 0.5) is 11.5 Å². The van der Waals surface area contributed by atoms with Crippen LogP contribution in [0.2, 0.25) is 10.0 Å². The number of furan rings is 1. The molecule has 0 saturated carbocycles. The molecule has 6 nitrogen and oxygen atoms in total. The number of halogens is 2. The van der Waals surface area contributed by atoms with Crippen LogP contribution in [0.1, 0.15) is 16.1 Å². The van der Waals surface area contributed by atoms with Crippen molar-refractivity contribution in [2.75, 3.05) is 12.4 Å². The molecule has 0 aliphatic rings. The molecule has 0 fully saturated rings. The largest absolute Gasteiger partial charge is 0.495 e. The van der Waals surface area contributed by atoms with Gasteiger partial charge in [0.1, 0.15) is 23.4 Å². The third-order valence-electron chi connectivity index (χ3n) is 4.46. The van der Waals surface area contributed by atoms with Crippen LogP contribution >= 0.6 is 23.2 Å². The highest BCUT2D eigenvalue weighted by atomic mass is 35.5. The standard InChI is InChI=1S/C22H13Cl2N3O3/c1-29-21-9-19(16(23)8-17(21)24)27-22-14(10-25)6-12-2-3-13(7-18(12)26-22)20-5-4-15(11-28)30-20/h2-9,11H,1H3,(H,26,27). The summed E-state index contributed by atoms with van der Waals surface area (Å²) < 4.78 is 10.7. The van der Waals surface area contributed by atoms with Gasteiger partial charge < -0.3 is 14.5 Å². The number of ether oxygens (including phenoxy) is 1. The lowest BCUT2D eigenvalue weighted by Gasteiger charge is -2.13. The van der Waals surface area contributed by atoms with Crippen molar-refractivity contribution in [3.05, 3.63) is 69.9 Å². The number of aldehydes is 1. The van der Waals surface area contributed by atoms with Crippen molar-refractivity contribution in [3.8, 4) is 23.1 Å². The number of hydrogen-bond donors (Lipinski definition) is 1. The summed E-state index contributed by atoms with van der Waals surface area (Å²) in [5, 5.41) is 14.2. The molecule has 4 aromatic rings. The lowest BCUT2D eigenvalue weighted by molar-refractivity contribution is 0.110. The van der Waals surface area contributed by atoms with Gasteiger partial charge in [0.2, 0.25) is 0 Å². The van der Waals surface area contributed by atoms with E-state index in [1.54, 1.807) is 30.3 Å². The predicted octanol–water partition coefficient (Wildman–Crippen LogP) is 6.24. The van der Waals surface area contributed by atoms with Crippen LogP contribution in [0.3, 0.4) is 0 Å². The fourth-order valence-electron chi connectivity index (χ4n) is 2.98. The van der Waals surface area contributed by atoms with Gasteiger partial charge in [-0.15, -0.1) is 0 Å². The first-order valence-corrected chi connectivity index (χ1v) is 9.48. The van der Waals surface area contributed by atoms with E-state index < -0.39 is 0 Å². The molecular weight excluding hydrogens is 425 g/mol. The molecule has 2 heterocycles. The van der Waals surface area contributed by atoms with E-state index in [4.69, 9.17) is 32.4 Å². The maximum absolute atomic E-state index is 10.9. The third kappa shape index (κ3) is 3.69.